The summed E-state index contributed by atoms with van der Waals surface area (Å²) in [5.41, 5.74) is 2.27. The average Bonchev–Trinajstić information content (AvgIpc) is 1.02. The highest BCUT2D eigenvalue weighted by atomic mass is 16.6. The maximum atomic E-state index is 13.9. The Bertz CT molecular complexity index is 4360. The van der Waals surface area contributed by atoms with Gasteiger partial charge in [0.25, 0.3) is 41.1 Å². The van der Waals surface area contributed by atoms with Gasteiger partial charge in [0.15, 0.2) is 23.0 Å². The smallest absolute Gasteiger partial charge is 0.332 e. The highest BCUT2D eigenvalue weighted by Crippen LogP contribution is 2.44. The fourth-order valence-electron chi connectivity index (χ4n) is 17.0. The first-order valence-corrected chi connectivity index (χ1v) is 41.1. The van der Waals surface area contributed by atoms with E-state index in [0.717, 1.165) is 56.1 Å². The number of fused-ring (bicyclic) bond motifs is 6. The molecule has 6 aliphatic heterocycles. The van der Waals surface area contributed by atoms with Gasteiger partial charge in [-0.3, -0.25) is 57.6 Å². The summed E-state index contributed by atoms with van der Waals surface area (Å²) >= 11 is 0. The van der Waals surface area contributed by atoms with E-state index in [1.165, 1.54) is 99.2 Å². The first kappa shape index (κ1) is 96.2. The second-order valence-electron chi connectivity index (χ2n) is 30.8. The van der Waals surface area contributed by atoms with Gasteiger partial charge >= 0.3 is 11.9 Å². The zero-order valence-corrected chi connectivity index (χ0v) is 69.7. The molecule has 0 radical (unpaired) electrons. The lowest BCUT2D eigenvalue weighted by Gasteiger charge is -2.50. The number of esters is 2. The number of aryl methyl sites for hydroxylation is 1. The lowest BCUT2D eigenvalue weighted by Crippen LogP contribution is -2.68. The number of Topliss-reactive ketones (excluding diaryl/α,β-unsaturated/α-hetero) is 3. The third-order valence-corrected chi connectivity index (χ3v) is 23.2. The molecule has 6 saturated heterocycles. The van der Waals surface area contributed by atoms with Gasteiger partial charge in [-0.25, -0.2) is 4.79 Å². The van der Waals surface area contributed by atoms with Gasteiger partial charge in [-0.2, -0.15) is 0 Å². The number of hydrogen-bond donors (Lipinski definition) is 0. The fraction of sp³-hybridized carbons (Fsp3) is 0.505. The van der Waals surface area contributed by atoms with Gasteiger partial charge in [0, 0.05) is 44.4 Å². The molecule has 660 valence electrons. The second-order valence-corrected chi connectivity index (χ2v) is 30.8. The molecule has 7 fully saturated rings. The number of ether oxygens (including phenoxy) is 11. The van der Waals surface area contributed by atoms with Crippen molar-refractivity contribution in [1.29, 1.82) is 0 Å². The molecule has 122 heavy (non-hydrogen) atoms. The van der Waals surface area contributed by atoms with Crippen LogP contribution in [0.25, 0.3) is 0 Å². The van der Waals surface area contributed by atoms with Crippen molar-refractivity contribution in [2.24, 2.45) is 11.3 Å². The number of piperazine rings is 3. The van der Waals surface area contributed by atoms with Gasteiger partial charge in [-0.05, 0) is 144 Å². The normalized spacial score (nSPS) is 19.4. The molecule has 29 heteroatoms. The molecule has 7 amide bonds. The summed E-state index contributed by atoms with van der Waals surface area (Å²) in [7, 11) is 9.99. The number of benzene rings is 5. The molecule has 6 unspecified atom stereocenters. The maximum Gasteiger partial charge on any atom is 0.332 e. The van der Waals surface area contributed by atoms with Crippen LogP contribution in [-0.4, -0.2) is 251 Å². The Morgan fingerprint density at radius 1 is 0.492 bits per heavy atom. The van der Waals surface area contributed by atoms with Crippen LogP contribution >= 0.6 is 0 Å². The van der Waals surface area contributed by atoms with Crippen LogP contribution in [-0.2, 0) is 91.3 Å². The molecule has 7 atom stereocenters. The van der Waals surface area contributed by atoms with E-state index in [0.29, 0.717) is 109 Å². The standard InChI is InChI=1S/C36H48N2O9.C28H32N2O7.C27H32N2O7.2CH4/c1-4-12-27(13-5-2)35(43)46-23-29(45-22-26-14-7-6-8-15-26)21-37-20-28-16-11-17-30(33(37)41)38(28)34(42)32(40)36(18-9-10-19-36)25-47-31(39)24-44-3;1-35-22-16-19(17-23(36-2)25(22)37-3)24(31)28(34)30-20-13-9-14-21(30)27(33)29(26(20)32)15-8-7-12-18-10-5-4-6-11-18;1-33-22-14-19(15-23(34-2)25(22)35-3)24(30)27(32)29-20-10-7-11-21(29)26(31)28(16-20)12-13-36-17-18-8-5-4-6-9-18;;/h4-8,14-15,27-30H,1-2,9-13,16-25H2,3H3;4-6,10-11,16-17,20-21H,7-9,12-15H2,1-3H3;4-6,8-9,14-15,20-21H,7,10-13,16-17H2,1-3H3;2*1H4/t28?,29-,30?;;;;/m1..../s1. The van der Waals surface area contributed by atoms with E-state index in [4.69, 9.17) is 52.1 Å². The van der Waals surface area contributed by atoms with Crippen molar-refractivity contribution in [1.82, 2.24) is 29.4 Å². The van der Waals surface area contributed by atoms with E-state index in [-0.39, 0.29) is 124 Å². The minimum Gasteiger partial charge on any atom is -0.493 e. The molecule has 0 aromatic heterocycles. The van der Waals surface area contributed by atoms with Crippen LogP contribution < -0.4 is 28.4 Å². The minimum atomic E-state index is -1.09. The van der Waals surface area contributed by atoms with Crippen molar-refractivity contribution in [2.45, 2.75) is 186 Å². The van der Waals surface area contributed by atoms with E-state index in [9.17, 15) is 57.5 Å². The lowest BCUT2D eigenvalue weighted by molar-refractivity contribution is -0.169. The molecule has 29 nitrogen and oxygen atoms in total. The molecule has 5 aromatic carbocycles. The number of carbonyl (C=O) groups excluding carboxylic acids is 12. The summed E-state index contributed by atoms with van der Waals surface area (Å²) in [5.74, 6) is -5.35. The first-order chi connectivity index (χ1) is 58.1. The molecule has 0 N–H and O–H groups in total. The molecule has 1 aliphatic carbocycles. The molecule has 0 spiro atoms. The van der Waals surface area contributed by atoms with Gasteiger partial charge in [0.1, 0.15) is 50.1 Å². The molecule has 12 rings (SSSR count). The van der Waals surface area contributed by atoms with Crippen LogP contribution in [0.5, 0.6) is 34.5 Å². The first-order valence-electron chi connectivity index (χ1n) is 41.1. The number of allylic oxidation sites excluding steroid dienone is 2. The number of rotatable bonds is 38. The third-order valence-electron chi connectivity index (χ3n) is 23.2. The van der Waals surface area contributed by atoms with Crippen molar-refractivity contribution < 1.29 is 110 Å². The summed E-state index contributed by atoms with van der Waals surface area (Å²) in [6.45, 7) is 9.66. The lowest BCUT2D eigenvalue weighted by atomic mass is 9.80. The maximum absolute atomic E-state index is 13.9. The summed E-state index contributed by atoms with van der Waals surface area (Å²) in [6.07, 6.45) is 13.8. The zero-order valence-electron chi connectivity index (χ0n) is 69.7. The third kappa shape index (κ3) is 23.3. The van der Waals surface area contributed by atoms with Crippen LogP contribution in [0.3, 0.4) is 0 Å². The van der Waals surface area contributed by atoms with Crippen molar-refractivity contribution in [3.63, 3.8) is 0 Å². The van der Waals surface area contributed by atoms with Crippen molar-refractivity contribution in [3.05, 3.63) is 168 Å². The Balaban J connectivity index is 0.000000228. The molecular formula is C93H120N6O23. The number of ketones is 3. The largest absolute Gasteiger partial charge is 0.493 e. The number of amides is 7. The molecule has 1 saturated carbocycles. The number of imide groups is 1. The number of likely N-dealkylation sites (tertiary alicyclic amines) is 3. The number of methoxy groups -OCH3 is 7. The van der Waals surface area contributed by atoms with Gasteiger partial charge < -0.3 is 76.6 Å². The van der Waals surface area contributed by atoms with Crippen LogP contribution in [0.15, 0.2) is 141 Å². The summed E-state index contributed by atoms with van der Waals surface area (Å²) in [4.78, 5) is 169. The van der Waals surface area contributed by atoms with Gasteiger partial charge in [0.05, 0.1) is 92.4 Å². The van der Waals surface area contributed by atoms with Crippen LogP contribution in [0.4, 0.5) is 0 Å². The molecule has 6 heterocycles. The van der Waals surface area contributed by atoms with Crippen molar-refractivity contribution in [3.8, 4) is 34.5 Å². The monoisotopic (exact) mass is 1690 g/mol. The van der Waals surface area contributed by atoms with Gasteiger partial charge in [-0.1, -0.05) is 131 Å². The Hall–Kier alpha value is -11.3. The van der Waals surface area contributed by atoms with E-state index in [1.807, 2.05) is 78.9 Å². The summed E-state index contributed by atoms with van der Waals surface area (Å²) < 4.78 is 59.7. The van der Waals surface area contributed by atoms with Gasteiger partial charge in [0.2, 0.25) is 29.1 Å². The highest BCUT2D eigenvalue weighted by Gasteiger charge is 2.55. The molecular weight excluding hydrogens is 1570 g/mol. The predicted molar refractivity (Wildman–Crippen MR) is 452 cm³/mol. The number of piperidine rings is 3. The van der Waals surface area contributed by atoms with E-state index in [1.54, 1.807) is 22.0 Å². The highest BCUT2D eigenvalue weighted by molar-refractivity contribution is 6.44. The van der Waals surface area contributed by atoms with Crippen LogP contribution in [0.2, 0.25) is 0 Å². The number of unbranched alkanes of at least 4 members (excludes halogenated alkanes) is 1. The average molecular weight is 1690 g/mol. The molecule has 7 aliphatic rings. The Morgan fingerprint density at radius 3 is 1.41 bits per heavy atom. The summed E-state index contributed by atoms with van der Waals surface area (Å²) in [6, 6.07) is 31.5. The van der Waals surface area contributed by atoms with Gasteiger partial charge in [-0.15, -0.1) is 13.2 Å². The zero-order chi connectivity index (χ0) is 86.0. The van der Waals surface area contributed by atoms with E-state index < -0.39 is 94.5 Å². The fourth-order valence-corrected chi connectivity index (χ4v) is 17.0. The number of carbonyl (C=O) groups is 12. The Kier molecular flexibility index (Phi) is 36.8. The van der Waals surface area contributed by atoms with Crippen LogP contribution in [0.1, 0.15) is 161 Å². The van der Waals surface area contributed by atoms with Crippen molar-refractivity contribution >= 4 is 70.6 Å². The molecule has 6 bridgehead atoms. The van der Waals surface area contributed by atoms with Crippen molar-refractivity contribution in [2.75, 3.05) is 109 Å². The Labute approximate surface area is 715 Å². The molecule has 5 aromatic rings. The van der Waals surface area contributed by atoms with E-state index in [2.05, 4.69) is 25.3 Å². The topological polar surface area (TPSA) is 326 Å². The summed E-state index contributed by atoms with van der Waals surface area (Å²) in [5, 5.41) is 0. The number of hydrogen-bond acceptors (Lipinski definition) is 23. The Morgan fingerprint density at radius 2 is 0.934 bits per heavy atom. The predicted octanol–water partition coefficient (Wildman–Crippen LogP) is 10.8. The quantitative estimate of drug-likeness (QED) is 0.00885. The van der Waals surface area contributed by atoms with E-state index >= 15 is 0 Å². The second kappa shape index (κ2) is 46.6. The SMILES string of the molecule is C.C.C=CCC(CC=C)C(=O)OC[C@@H](CN1CC2CCCC(C1=O)N2C(=O)C(=O)C1(COC(=O)COC)CCCC1)OCc1ccccc1.COc1cc(C(=O)C(=O)N2C3CCCC2C(=O)N(CCCCc2ccccc2)C3=O)cc(OC)c1OC.COc1cc(C(=O)C(=O)N2C3CCCC2C(=O)N(CCOCc2ccccc2)C3)cc(OC)c1OC. The minimum absolute atomic E-state index is 0. The number of nitrogens with zero attached hydrogens (tertiary/aromatic N) is 6. The van der Waals surface area contributed by atoms with Crippen LogP contribution in [0, 0.1) is 11.3 Å².